The lowest BCUT2D eigenvalue weighted by atomic mass is 10.0. The van der Waals surface area contributed by atoms with E-state index in [1.165, 1.54) is 17.4 Å². The molecule has 2 heterocycles. The van der Waals surface area contributed by atoms with Gasteiger partial charge in [0.25, 0.3) is 0 Å². The van der Waals surface area contributed by atoms with E-state index in [9.17, 15) is 14.0 Å². The van der Waals surface area contributed by atoms with Gasteiger partial charge in [-0.2, -0.15) is 0 Å². The second-order valence-electron chi connectivity index (χ2n) is 8.45. The fourth-order valence-electron chi connectivity index (χ4n) is 4.06. The average Bonchev–Trinajstić information content (AvgIpc) is 3.07. The van der Waals surface area contributed by atoms with Crippen molar-refractivity contribution in [2.75, 3.05) is 42.9 Å². The number of amides is 1. The SMILES string of the molecule is Cc1ccc(C(=O)c2c(NC(=O)CN3CCN(c4ccccc4F)CC3)sc(C)c2C)cc1. The maximum atomic E-state index is 14.1. The summed E-state index contributed by atoms with van der Waals surface area (Å²) in [6.07, 6.45) is 0. The van der Waals surface area contributed by atoms with Gasteiger partial charge in [0.2, 0.25) is 5.91 Å². The van der Waals surface area contributed by atoms with Crippen molar-refractivity contribution in [2.24, 2.45) is 0 Å². The summed E-state index contributed by atoms with van der Waals surface area (Å²) in [6.45, 7) is 8.74. The van der Waals surface area contributed by atoms with Gasteiger partial charge in [0.05, 0.1) is 17.8 Å². The van der Waals surface area contributed by atoms with Gasteiger partial charge in [0.15, 0.2) is 5.78 Å². The van der Waals surface area contributed by atoms with Gasteiger partial charge in [-0.1, -0.05) is 42.0 Å². The number of benzene rings is 2. The fraction of sp³-hybridized carbons (Fsp3) is 0.308. The molecule has 0 radical (unpaired) electrons. The molecule has 4 rings (SSSR count). The number of nitrogens with one attached hydrogen (secondary N) is 1. The molecule has 2 aromatic carbocycles. The number of aryl methyl sites for hydroxylation is 2. The summed E-state index contributed by atoms with van der Waals surface area (Å²) in [5.41, 5.74) is 3.78. The maximum Gasteiger partial charge on any atom is 0.239 e. The molecule has 1 aliphatic heterocycles. The third kappa shape index (κ3) is 5.15. The van der Waals surface area contributed by atoms with E-state index in [2.05, 4.69) is 10.2 Å². The average molecular weight is 466 g/mol. The van der Waals surface area contributed by atoms with E-state index in [-0.39, 0.29) is 24.1 Å². The molecule has 1 aromatic heterocycles. The van der Waals surface area contributed by atoms with Crippen molar-refractivity contribution in [3.8, 4) is 0 Å². The standard InChI is InChI=1S/C26H28FN3O2S/c1-17-8-10-20(11-9-17)25(32)24-18(2)19(3)33-26(24)28-23(31)16-29-12-14-30(15-13-29)22-7-5-4-6-21(22)27/h4-11H,12-16H2,1-3H3,(H,28,31). The summed E-state index contributed by atoms with van der Waals surface area (Å²) < 4.78 is 14.1. The molecule has 0 atom stereocenters. The molecule has 3 aromatic rings. The smallest absolute Gasteiger partial charge is 0.239 e. The number of carbonyl (C=O) groups is 2. The largest absolute Gasteiger partial charge is 0.367 e. The first kappa shape index (κ1) is 23.1. The van der Waals surface area contributed by atoms with E-state index in [1.54, 1.807) is 12.1 Å². The van der Waals surface area contributed by atoms with E-state index in [1.807, 2.05) is 56.0 Å². The summed E-state index contributed by atoms with van der Waals surface area (Å²) in [6, 6.07) is 14.3. The molecule has 5 nitrogen and oxygen atoms in total. The zero-order valence-corrected chi connectivity index (χ0v) is 20.0. The van der Waals surface area contributed by atoms with Gasteiger partial charge in [0, 0.05) is 36.6 Å². The summed E-state index contributed by atoms with van der Waals surface area (Å²) in [5.74, 6) is -0.447. The Labute approximate surface area is 197 Å². The molecular weight excluding hydrogens is 437 g/mol. The quantitative estimate of drug-likeness (QED) is 0.531. The van der Waals surface area contributed by atoms with Crippen molar-refractivity contribution in [1.29, 1.82) is 0 Å². The predicted octanol–water partition coefficient (Wildman–Crippen LogP) is 4.80. The van der Waals surface area contributed by atoms with Crippen molar-refractivity contribution in [3.63, 3.8) is 0 Å². The number of nitrogens with zero attached hydrogens (tertiary/aromatic N) is 2. The lowest BCUT2D eigenvalue weighted by Gasteiger charge is -2.35. The van der Waals surface area contributed by atoms with Gasteiger partial charge in [-0.25, -0.2) is 4.39 Å². The van der Waals surface area contributed by atoms with Crippen LogP contribution in [0.5, 0.6) is 0 Å². The number of halogens is 1. The molecule has 1 fully saturated rings. The molecule has 0 bridgehead atoms. The van der Waals surface area contributed by atoms with E-state index in [4.69, 9.17) is 0 Å². The Balaban J connectivity index is 1.40. The first-order valence-electron chi connectivity index (χ1n) is 11.1. The molecular formula is C26H28FN3O2S. The minimum absolute atomic E-state index is 0.0781. The Kier molecular flexibility index (Phi) is 6.91. The van der Waals surface area contributed by atoms with Crippen LogP contribution in [-0.4, -0.2) is 49.3 Å². The highest BCUT2D eigenvalue weighted by Gasteiger charge is 2.24. The first-order valence-corrected chi connectivity index (χ1v) is 11.9. The van der Waals surface area contributed by atoms with Crippen molar-refractivity contribution in [2.45, 2.75) is 20.8 Å². The fourth-order valence-corrected chi connectivity index (χ4v) is 5.14. The normalized spacial score (nSPS) is 14.4. The molecule has 1 aliphatic rings. The van der Waals surface area contributed by atoms with Crippen molar-refractivity contribution < 1.29 is 14.0 Å². The molecule has 1 N–H and O–H groups in total. The third-order valence-electron chi connectivity index (χ3n) is 6.11. The Morgan fingerprint density at radius 2 is 1.64 bits per heavy atom. The zero-order valence-electron chi connectivity index (χ0n) is 19.2. The number of rotatable bonds is 6. The highest BCUT2D eigenvalue weighted by molar-refractivity contribution is 7.16. The number of carbonyl (C=O) groups excluding carboxylic acids is 2. The number of para-hydroxylation sites is 1. The van der Waals surface area contributed by atoms with Gasteiger partial charge in [0.1, 0.15) is 10.8 Å². The molecule has 1 amide bonds. The van der Waals surface area contributed by atoms with E-state index >= 15 is 0 Å². The number of hydrogen-bond acceptors (Lipinski definition) is 5. The second-order valence-corrected chi connectivity index (χ2v) is 9.67. The van der Waals surface area contributed by atoms with Crippen LogP contribution < -0.4 is 10.2 Å². The topological polar surface area (TPSA) is 52.7 Å². The van der Waals surface area contributed by atoms with Crippen LogP contribution in [0.2, 0.25) is 0 Å². The Morgan fingerprint density at radius 3 is 2.30 bits per heavy atom. The second kappa shape index (κ2) is 9.85. The predicted molar refractivity (Wildman–Crippen MR) is 132 cm³/mol. The minimum Gasteiger partial charge on any atom is -0.367 e. The van der Waals surface area contributed by atoms with Crippen LogP contribution in [0.25, 0.3) is 0 Å². The number of hydrogen-bond donors (Lipinski definition) is 1. The summed E-state index contributed by atoms with van der Waals surface area (Å²) in [4.78, 5) is 31.1. The zero-order chi connectivity index (χ0) is 23.5. The molecule has 172 valence electrons. The van der Waals surface area contributed by atoms with Crippen LogP contribution >= 0.6 is 11.3 Å². The van der Waals surface area contributed by atoms with Gasteiger partial charge in [-0.05, 0) is 38.5 Å². The van der Waals surface area contributed by atoms with E-state index in [0.717, 1.165) is 16.0 Å². The van der Waals surface area contributed by atoms with Crippen molar-refractivity contribution in [1.82, 2.24) is 4.90 Å². The van der Waals surface area contributed by atoms with Crippen molar-refractivity contribution in [3.05, 3.63) is 81.5 Å². The van der Waals surface area contributed by atoms with Crippen LogP contribution in [0.1, 0.15) is 31.9 Å². The van der Waals surface area contributed by atoms with Crippen LogP contribution in [0.4, 0.5) is 15.1 Å². The highest BCUT2D eigenvalue weighted by Crippen LogP contribution is 2.34. The molecule has 7 heteroatoms. The Morgan fingerprint density at radius 1 is 0.970 bits per heavy atom. The summed E-state index contributed by atoms with van der Waals surface area (Å²) in [5, 5.41) is 3.58. The Hall–Kier alpha value is -3.03. The van der Waals surface area contributed by atoms with Crippen LogP contribution in [0.15, 0.2) is 48.5 Å². The highest BCUT2D eigenvalue weighted by atomic mass is 32.1. The van der Waals surface area contributed by atoms with Crippen LogP contribution in [0, 0.1) is 26.6 Å². The third-order valence-corrected chi connectivity index (χ3v) is 7.23. The molecule has 0 saturated carbocycles. The molecule has 0 aliphatic carbocycles. The number of anilines is 2. The van der Waals surface area contributed by atoms with Crippen LogP contribution in [0.3, 0.4) is 0 Å². The minimum atomic E-state index is -0.224. The Bertz CT molecular complexity index is 1160. The monoisotopic (exact) mass is 465 g/mol. The van der Waals surface area contributed by atoms with E-state index < -0.39 is 0 Å². The summed E-state index contributed by atoms with van der Waals surface area (Å²) >= 11 is 1.44. The van der Waals surface area contributed by atoms with Gasteiger partial charge in [-0.3, -0.25) is 14.5 Å². The number of thiophene rings is 1. The van der Waals surface area contributed by atoms with Crippen molar-refractivity contribution >= 4 is 33.7 Å². The van der Waals surface area contributed by atoms with Gasteiger partial charge < -0.3 is 10.2 Å². The van der Waals surface area contributed by atoms with E-state index in [0.29, 0.717) is 48.0 Å². The molecule has 0 unspecified atom stereocenters. The number of ketones is 1. The lowest BCUT2D eigenvalue weighted by molar-refractivity contribution is -0.117. The first-order chi connectivity index (χ1) is 15.8. The van der Waals surface area contributed by atoms with Crippen LogP contribution in [-0.2, 0) is 4.79 Å². The maximum absolute atomic E-state index is 14.1. The number of piperazine rings is 1. The lowest BCUT2D eigenvalue weighted by Crippen LogP contribution is -2.48. The molecule has 0 spiro atoms. The molecule has 33 heavy (non-hydrogen) atoms. The molecule has 1 saturated heterocycles. The van der Waals surface area contributed by atoms with Gasteiger partial charge >= 0.3 is 0 Å². The summed E-state index contributed by atoms with van der Waals surface area (Å²) in [7, 11) is 0. The van der Waals surface area contributed by atoms with Gasteiger partial charge in [-0.15, -0.1) is 11.3 Å².